The Balaban J connectivity index is 1.82. The predicted molar refractivity (Wildman–Crippen MR) is 57.8 cm³/mol. The first-order chi connectivity index (χ1) is 7.43. The van der Waals surface area contributed by atoms with E-state index in [1.54, 1.807) is 0 Å². The van der Waals surface area contributed by atoms with E-state index in [4.69, 9.17) is 0 Å². The topological polar surface area (TPSA) is 40.0 Å². The lowest BCUT2D eigenvalue weighted by atomic mass is 10.1. The molecule has 0 spiro atoms. The molecule has 1 aromatic rings. The van der Waals surface area contributed by atoms with E-state index in [1.165, 1.54) is 12.0 Å². The Morgan fingerprint density at radius 2 is 2.27 bits per heavy atom. The number of nitrogens with zero attached hydrogens (tertiary/aromatic N) is 3. The largest absolute Gasteiger partial charge is 0.315 e. The van der Waals surface area contributed by atoms with Gasteiger partial charge in [-0.3, -0.25) is 5.01 Å². The van der Waals surface area contributed by atoms with Gasteiger partial charge in [-0.05, 0) is 19.0 Å². The maximum Gasteiger partial charge on any atom is 0.0924 e. The lowest BCUT2D eigenvalue weighted by Crippen LogP contribution is -2.32. The van der Waals surface area contributed by atoms with E-state index in [0.717, 1.165) is 25.3 Å². The van der Waals surface area contributed by atoms with Crippen LogP contribution in [-0.2, 0) is 6.54 Å². The molecule has 0 aliphatic carbocycles. The summed E-state index contributed by atoms with van der Waals surface area (Å²) in [6.45, 7) is 3.02. The normalized spacial score (nSPS) is 24.3. The van der Waals surface area contributed by atoms with Crippen LogP contribution >= 0.6 is 0 Å². The second-order valence-electron chi connectivity index (χ2n) is 4.06. The molecular weight excluding hydrogens is 188 g/mol. The molecule has 2 aliphatic heterocycles. The van der Waals surface area contributed by atoms with Gasteiger partial charge in [0.05, 0.1) is 18.3 Å². The van der Waals surface area contributed by atoms with Gasteiger partial charge < -0.3 is 5.32 Å². The Kier molecular flexibility index (Phi) is 2.14. The SMILES string of the molecule is c1ccc2c(c1)CN([C@H]1CCNC1)N=N2. The highest BCUT2D eigenvalue weighted by Gasteiger charge is 2.24. The first kappa shape index (κ1) is 8.85. The highest BCUT2D eigenvalue weighted by atomic mass is 15.6. The molecule has 1 fully saturated rings. The predicted octanol–water partition coefficient (Wildman–Crippen LogP) is 1.86. The van der Waals surface area contributed by atoms with Crippen LogP contribution in [0, 0.1) is 0 Å². The highest BCUT2D eigenvalue weighted by molar-refractivity contribution is 5.45. The molecule has 2 heterocycles. The van der Waals surface area contributed by atoms with Crippen molar-refractivity contribution in [1.82, 2.24) is 10.3 Å². The van der Waals surface area contributed by atoms with Gasteiger partial charge in [0.25, 0.3) is 0 Å². The van der Waals surface area contributed by atoms with Crippen LogP contribution in [0.5, 0.6) is 0 Å². The molecule has 3 rings (SSSR count). The zero-order valence-electron chi connectivity index (χ0n) is 8.56. The number of rotatable bonds is 1. The van der Waals surface area contributed by atoms with Gasteiger partial charge in [-0.25, -0.2) is 0 Å². The lowest BCUT2D eigenvalue weighted by molar-refractivity contribution is 0.187. The minimum atomic E-state index is 0.516. The fourth-order valence-corrected chi connectivity index (χ4v) is 2.15. The molecule has 1 saturated heterocycles. The third kappa shape index (κ3) is 1.61. The molecule has 0 bridgehead atoms. The molecule has 2 aliphatic rings. The Bertz CT molecular complexity index is 382. The quantitative estimate of drug-likeness (QED) is 0.755. The monoisotopic (exact) mass is 202 g/mol. The number of hydrogen-bond donors (Lipinski definition) is 1. The van der Waals surface area contributed by atoms with Crippen molar-refractivity contribution in [1.29, 1.82) is 0 Å². The van der Waals surface area contributed by atoms with Crippen molar-refractivity contribution >= 4 is 5.69 Å². The van der Waals surface area contributed by atoms with E-state index >= 15 is 0 Å². The van der Waals surface area contributed by atoms with E-state index in [9.17, 15) is 0 Å². The van der Waals surface area contributed by atoms with Crippen molar-refractivity contribution in [2.45, 2.75) is 19.0 Å². The van der Waals surface area contributed by atoms with Crippen molar-refractivity contribution in [3.63, 3.8) is 0 Å². The standard InChI is InChI=1S/C11H14N4/c1-2-4-11-9(3-1)8-15(14-13-11)10-5-6-12-7-10/h1-4,10,12H,5-8H2/t10-/m0/s1. The van der Waals surface area contributed by atoms with Crippen LogP contribution in [0.25, 0.3) is 0 Å². The smallest absolute Gasteiger partial charge is 0.0924 e. The van der Waals surface area contributed by atoms with Crippen molar-refractivity contribution in [3.05, 3.63) is 29.8 Å². The molecule has 0 saturated carbocycles. The van der Waals surface area contributed by atoms with E-state index in [0.29, 0.717) is 6.04 Å². The van der Waals surface area contributed by atoms with Crippen LogP contribution < -0.4 is 5.32 Å². The second-order valence-corrected chi connectivity index (χ2v) is 4.06. The molecule has 1 aromatic carbocycles. The zero-order valence-corrected chi connectivity index (χ0v) is 8.56. The Morgan fingerprint density at radius 3 is 3.13 bits per heavy atom. The third-order valence-electron chi connectivity index (χ3n) is 3.05. The first-order valence-electron chi connectivity index (χ1n) is 5.40. The number of fused-ring (bicyclic) bond motifs is 1. The zero-order chi connectivity index (χ0) is 10.1. The molecule has 0 radical (unpaired) electrons. The third-order valence-corrected chi connectivity index (χ3v) is 3.05. The molecule has 0 amide bonds. The van der Waals surface area contributed by atoms with Gasteiger partial charge in [0, 0.05) is 12.1 Å². The van der Waals surface area contributed by atoms with Crippen LogP contribution in [0.1, 0.15) is 12.0 Å². The molecule has 4 nitrogen and oxygen atoms in total. The van der Waals surface area contributed by atoms with E-state index < -0.39 is 0 Å². The average Bonchev–Trinajstić information content (AvgIpc) is 2.82. The van der Waals surface area contributed by atoms with Gasteiger partial charge in [-0.2, -0.15) is 0 Å². The Hall–Kier alpha value is -1.42. The average molecular weight is 202 g/mol. The fraction of sp³-hybridized carbons (Fsp3) is 0.455. The molecule has 4 heteroatoms. The molecule has 0 unspecified atom stereocenters. The second kappa shape index (κ2) is 3.62. The van der Waals surface area contributed by atoms with Crippen LogP contribution in [0.2, 0.25) is 0 Å². The minimum absolute atomic E-state index is 0.516. The van der Waals surface area contributed by atoms with Crippen molar-refractivity contribution < 1.29 is 0 Å². The Labute approximate surface area is 89.0 Å². The van der Waals surface area contributed by atoms with Gasteiger partial charge in [0.2, 0.25) is 0 Å². The van der Waals surface area contributed by atoms with Crippen LogP contribution in [-0.4, -0.2) is 24.1 Å². The summed E-state index contributed by atoms with van der Waals surface area (Å²) in [6, 6.07) is 8.73. The minimum Gasteiger partial charge on any atom is -0.315 e. The fourth-order valence-electron chi connectivity index (χ4n) is 2.15. The number of benzene rings is 1. The van der Waals surface area contributed by atoms with E-state index in [-0.39, 0.29) is 0 Å². The lowest BCUT2D eigenvalue weighted by Gasteiger charge is -2.27. The van der Waals surface area contributed by atoms with Gasteiger partial charge in [-0.1, -0.05) is 23.4 Å². The number of nitrogens with one attached hydrogen (secondary N) is 1. The van der Waals surface area contributed by atoms with Crippen LogP contribution in [0.4, 0.5) is 5.69 Å². The van der Waals surface area contributed by atoms with E-state index in [1.807, 2.05) is 12.1 Å². The summed E-state index contributed by atoms with van der Waals surface area (Å²) >= 11 is 0. The van der Waals surface area contributed by atoms with E-state index in [2.05, 4.69) is 32.8 Å². The van der Waals surface area contributed by atoms with Crippen LogP contribution in [0.15, 0.2) is 34.6 Å². The highest BCUT2D eigenvalue weighted by Crippen LogP contribution is 2.27. The Morgan fingerprint density at radius 1 is 1.33 bits per heavy atom. The van der Waals surface area contributed by atoms with Crippen molar-refractivity contribution in [2.24, 2.45) is 10.3 Å². The van der Waals surface area contributed by atoms with Crippen molar-refractivity contribution in [3.8, 4) is 0 Å². The molecule has 78 valence electrons. The van der Waals surface area contributed by atoms with Crippen molar-refractivity contribution in [2.75, 3.05) is 13.1 Å². The summed E-state index contributed by atoms with van der Waals surface area (Å²) in [5.74, 6) is 0. The molecule has 15 heavy (non-hydrogen) atoms. The molecule has 1 atom stereocenters. The summed E-state index contributed by atoms with van der Waals surface area (Å²) in [6.07, 6.45) is 1.17. The summed E-state index contributed by atoms with van der Waals surface area (Å²) in [7, 11) is 0. The first-order valence-corrected chi connectivity index (χ1v) is 5.40. The molecule has 1 N–H and O–H groups in total. The molecule has 0 aromatic heterocycles. The van der Waals surface area contributed by atoms with Crippen LogP contribution in [0.3, 0.4) is 0 Å². The van der Waals surface area contributed by atoms with Gasteiger partial charge in [-0.15, -0.1) is 5.11 Å². The van der Waals surface area contributed by atoms with Gasteiger partial charge >= 0.3 is 0 Å². The molecular formula is C11H14N4. The summed E-state index contributed by atoms with van der Waals surface area (Å²) < 4.78 is 0. The number of hydrogen-bond acceptors (Lipinski definition) is 4. The summed E-state index contributed by atoms with van der Waals surface area (Å²) in [5.41, 5.74) is 2.29. The summed E-state index contributed by atoms with van der Waals surface area (Å²) in [5, 5.41) is 14.0. The maximum absolute atomic E-state index is 4.27. The van der Waals surface area contributed by atoms with Gasteiger partial charge in [0.15, 0.2) is 0 Å². The summed E-state index contributed by atoms with van der Waals surface area (Å²) in [4.78, 5) is 0. The van der Waals surface area contributed by atoms with Gasteiger partial charge in [0.1, 0.15) is 0 Å². The maximum atomic E-state index is 4.27.